The zero-order valence-corrected chi connectivity index (χ0v) is 17.8. The van der Waals surface area contributed by atoms with E-state index in [4.69, 9.17) is 5.11 Å². The van der Waals surface area contributed by atoms with Gasteiger partial charge in [-0.05, 0) is 31.5 Å². The highest BCUT2D eigenvalue weighted by atomic mass is 16.5. The lowest BCUT2D eigenvalue weighted by Crippen LogP contribution is -2.04. The van der Waals surface area contributed by atoms with Crippen LogP contribution in [0.25, 0.3) is 6.08 Å². The average Bonchev–Trinajstić information content (AvgIpc) is 2.78. The predicted octanol–water partition coefficient (Wildman–Crippen LogP) is 2.90. The zero-order chi connectivity index (χ0) is 23.8. The summed E-state index contributed by atoms with van der Waals surface area (Å²) < 4.78 is 13.0. The van der Waals surface area contributed by atoms with E-state index in [1.807, 2.05) is 12.1 Å². The molecule has 0 aromatic carbocycles. The molecule has 1 N–H and O–H groups in total. The largest absolute Gasteiger partial charge is 0.466 e. The van der Waals surface area contributed by atoms with E-state index in [9.17, 15) is 14.4 Å². The molecule has 0 bridgehead atoms. The molecule has 0 radical (unpaired) electrons. The molecule has 1 rings (SSSR count). The van der Waals surface area contributed by atoms with Gasteiger partial charge in [-0.15, -0.1) is 0 Å². The molecule has 0 aliphatic carbocycles. The van der Waals surface area contributed by atoms with Gasteiger partial charge in [-0.1, -0.05) is 32.4 Å². The number of hydrogen-bond acceptors (Lipinski definition) is 8. The van der Waals surface area contributed by atoms with E-state index >= 15 is 0 Å². The van der Waals surface area contributed by atoms with Gasteiger partial charge in [0.1, 0.15) is 6.61 Å². The summed E-state index contributed by atoms with van der Waals surface area (Å²) in [5.74, 6) is -1.21. The maximum absolute atomic E-state index is 10.2. The van der Waals surface area contributed by atoms with Crippen LogP contribution in [0.5, 0.6) is 0 Å². The molecule has 30 heavy (non-hydrogen) atoms. The number of pyridine rings is 1. The van der Waals surface area contributed by atoms with Crippen molar-refractivity contribution in [2.24, 2.45) is 0 Å². The number of rotatable bonds is 7. The Kier molecular flexibility index (Phi) is 24.4. The van der Waals surface area contributed by atoms with Gasteiger partial charge >= 0.3 is 17.9 Å². The van der Waals surface area contributed by atoms with Crippen LogP contribution in [-0.2, 0) is 28.6 Å². The summed E-state index contributed by atoms with van der Waals surface area (Å²) in [5, 5.41) is 8.10. The molecule has 0 atom stereocenters. The average molecular weight is 421 g/mol. The fraction of sp³-hybridized carbons (Fsp3) is 0.273. The Morgan fingerprint density at radius 2 is 1.57 bits per heavy atom. The highest BCUT2D eigenvalue weighted by molar-refractivity contribution is 5.86. The maximum Gasteiger partial charge on any atom is 0.332 e. The number of carbonyl (C=O) groups excluding carboxylic acids is 3. The van der Waals surface area contributed by atoms with Crippen molar-refractivity contribution in [2.75, 3.05) is 26.9 Å². The number of carbonyl (C=O) groups is 3. The minimum absolute atomic E-state index is 0.0465. The fourth-order valence-corrected chi connectivity index (χ4v) is 1.08. The smallest absolute Gasteiger partial charge is 0.332 e. The molecule has 0 unspecified atom stereocenters. The molecule has 1 aromatic rings. The number of methoxy groups -OCH3 is 1. The van der Waals surface area contributed by atoms with E-state index in [0.29, 0.717) is 12.2 Å². The molecule has 0 amide bonds. The van der Waals surface area contributed by atoms with E-state index in [1.165, 1.54) is 7.11 Å². The molecule has 8 nitrogen and oxygen atoms in total. The minimum Gasteiger partial charge on any atom is -0.466 e. The Bertz CT molecular complexity index is 653. The molecule has 0 spiro atoms. The highest BCUT2D eigenvalue weighted by Crippen LogP contribution is 1.95. The third-order valence-electron chi connectivity index (χ3n) is 2.43. The van der Waals surface area contributed by atoms with Crippen LogP contribution in [0.1, 0.15) is 19.4 Å². The second-order valence-electron chi connectivity index (χ2n) is 4.81. The van der Waals surface area contributed by atoms with Gasteiger partial charge < -0.3 is 19.3 Å². The SMILES string of the molecule is C=C(C)C(=O)OC.C=CC(=O)OCC.C=CC(=O)OCCO.C=Cc1ccncc1. The Morgan fingerprint density at radius 3 is 1.80 bits per heavy atom. The Balaban J connectivity index is -0.000000325. The Morgan fingerprint density at radius 1 is 1.07 bits per heavy atom. The normalized spacial score (nSPS) is 8.00. The molecule has 166 valence electrons. The monoisotopic (exact) mass is 421 g/mol. The number of esters is 3. The number of hydrogen-bond donors (Lipinski definition) is 1. The number of aliphatic hydroxyl groups is 1. The van der Waals surface area contributed by atoms with Crippen molar-refractivity contribution in [3.8, 4) is 0 Å². The first-order valence-electron chi connectivity index (χ1n) is 8.69. The van der Waals surface area contributed by atoms with Crippen LogP contribution in [0, 0.1) is 0 Å². The van der Waals surface area contributed by atoms with Gasteiger partial charge in [-0.3, -0.25) is 4.98 Å². The van der Waals surface area contributed by atoms with Crippen molar-refractivity contribution < 1.29 is 33.7 Å². The molecule has 1 heterocycles. The predicted molar refractivity (Wildman–Crippen MR) is 116 cm³/mol. The molecule has 0 aliphatic rings. The molecule has 1 aromatic heterocycles. The van der Waals surface area contributed by atoms with Crippen LogP contribution < -0.4 is 0 Å². The van der Waals surface area contributed by atoms with Gasteiger partial charge in [0.05, 0.1) is 20.3 Å². The summed E-state index contributed by atoms with van der Waals surface area (Å²) >= 11 is 0. The van der Waals surface area contributed by atoms with E-state index in [2.05, 4.69) is 45.5 Å². The summed E-state index contributed by atoms with van der Waals surface area (Å²) in [5.41, 5.74) is 1.54. The lowest BCUT2D eigenvalue weighted by Gasteiger charge is -1.94. The van der Waals surface area contributed by atoms with Crippen molar-refractivity contribution in [1.29, 1.82) is 0 Å². The number of aliphatic hydroxyl groups excluding tert-OH is 1. The van der Waals surface area contributed by atoms with Crippen molar-refractivity contribution in [3.05, 3.63) is 74.1 Å². The van der Waals surface area contributed by atoms with E-state index in [-0.39, 0.29) is 25.2 Å². The molecule has 0 saturated heterocycles. The van der Waals surface area contributed by atoms with Gasteiger partial charge in [-0.2, -0.15) is 0 Å². The van der Waals surface area contributed by atoms with Gasteiger partial charge in [0.15, 0.2) is 0 Å². The molecule has 0 fully saturated rings. The topological polar surface area (TPSA) is 112 Å². The summed E-state index contributed by atoms with van der Waals surface area (Å²) in [6.07, 6.45) is 7.48. The summed E-state index contributed by atoms with van der Waals surface area (Å²) in [6.45, 7) is 17.0. The molecule has 0 aliphatic heterocycles. The quantitative estimate of drug-likeness (QED) is 0.406. The van der Waals surface area contributed by atoms with Gasteiger partial charge in [0.25, 0.3) is 0 Å². The zero-order valence-electron chi connectivity index (χ0n) is 17.8. The number of aromatic nitrogens is 1. The van der Waals surface area contributed by atoms with Crippen LogP contribution in [-0.4, -0.2) is 54.9 Å². The van der Waals surface area contributed by atoms with Crippen LogP contribution in [0.4, 0.5) is 0 Å². The highest BCUT2D eigenvalue weighted by Gasteiger charge is 1.95. The van der Waals surface area contributed by atoms with E-state index in [0.717, 1.165) is 17.7 Å². The fourth-order valence-electron chi connectivity index (χ4n) is 1.08. The Hall–Kier alpha value is -3.52. The Labute approximate surface area is 178 Å². The molecular formula is C22H31NO7. The van der Waals surface area contributed by atoms with Gasteiger partial charge in [0, 0.05) is 30.1 Å². The van der Waals surface area contributed by atoms with Crippen molar-refractivity contribution in [1.82, 2.24) is 4.98 Å². The summed E-state index contributed by atoms with van der Waals surface area (Å²) in [7, 11) is 1.33. The van der Waals surface area contributed by atoms with Crippen molar-refractivity contribution in [3.63, 3.8) is 0 Å². The molecule has 0 saturated carbocycles. The third-order valence-corrected chi connectivity index (χ3v) is 2.43. The summed E-state index contributed by atoms with van der Waals surface area (Å²) in [6, 6.07) is 3.82. The maximum atomic E-state index is 10.2. The first-order valence-corrected chi connectivity index (χ1v) is 8.69. The van der Waals surface area contributed by atoms with Gasteiger partial charge in [-0.25, -0.2) is 14.4 Å². The van der Waals surface area contributed by atoms with Crippen molar-refractivity contribution >= 4 is 24.0 Å². The standard InChI is InChI=1S/C7H7N.C5H8O3.2C5H8O2/c1-2-7-3-5-8-6-4-7;1-2-5(7)8-4-3-6;1-4(2)5(6)7-3;1-3-5(6)7-4-2/h2-6H,1H2;2,6H,1,3-4H2;1H2,2-3H3;3H,1,4H2,2H3. The van der Waals surface area contributed by atoms with Crippen LogP contribution in [0.15, 0.2) is 68.6 Å². The second kappa shape index (κ2) is 23.5. The molecule has 8 heteroatoms. The number of nitrogens with zero attached hydrogens (tertiary/aromatic N) is 1. The lowest BCUT2D eigenvalue weighted by atomic mass is 10.3. The third kappa shape index (κ3) is 24.5. The first-order chi connectivity index (χ1) is 14.2. The first kappa shape index (κ1) is 31.2. The van der Waals surface area contributed by atoms with Crippen LogP contribution >= 0.6 is 0 Å². The second-order valence-corrected chi connectivity index (χ2v) is 4.81. The van der Waals surface area contributed by atoms with E-state index < -0.39 is 5.97 Å². The minimum atomic E-state index is -0.501. The van der Waals surface area contributed by atoms with Crippen molar-refractivity contribution in [2.45, 2.75) is 13.8 Å². The van der Waals surface area contributed by atoms with Gasteiger partial charge in [0.2, 0.25) is 0 Å². The van der Waals surface area contributed by atoms with Crippen LogP contribution in [0.3, 0.4) is 0 Å². The van der Waals surface area contributed by atoms with E-state index in [1.54, 1.807) is 32.3 Å². The molecular weight excluding hydrogens is 390 g/mol. The number of ether oxygens (including phenoxy) is 3. The lowest BCUT2D eigenvalue weighted by molar-refractivity contribution is -0.139. The summed E-state index contributed by atoms with van der Waals surface area (Å²) in [4.78, 5) is 34.2. The van der Waals surface area contributed by atoms with Crippen LogP contribution in [0.2, 0.25) is 0 Å².